The Morgan fingerprint density at radius 3 is 2.71 bits per heavy atom. The first kappa shape index (κ1) is 20.9. The molecule has 1 amide bonds. The van der Waals surface area contributed by atoms with Gasteiger partial charge in [-0.05, 0) is 54.6 Å². The van der Waals surface area contributed by atoms with Crippen LogP contribution in [-0.2, 0) is 4.79 Å². The molecule has 160 valence electrons. The Morgan fingerprint density at radius 1 is 1.26 bits per heavy atom. The third kappa shape index (κ3) is 4.41. The number of anilines is 2. The first-order valence-corrected chi connectivity index (χ1v) is 10.3. The van der Waals surface area contributed by atoms with Gasteiger partial charge in [0.2, 0.25) is 0 Å². The van der Waals surface area contributed by atoms with Crippen LogP contribution in [0, 0.1) is 5.82 Å². The first-order valence-electron chi connectivity index (χ1n) is 9.91. The van der Waals surface area contributed by atoms with Gasteiger partial charge in [0, 0.05) is 42.1 Å². The van der Waals surface area contributed by atoms with Crippen molar-refractivity contribution >= 4 is 45.4 Å². The number of nitrogens with zero attached hydrogens (tertiary/aromatic N) is 2. The Kier molecular flexibility index (Phi) is 5.95. The van der Waals surface area contributed by atoms with Gasteiger partial charge in [-0.25, -0.2) is 9.37 Å². The first-order chi connectivity index (χ1) is 15.0. The van der Waals surface area contributed by atoms with Crippen LogP contribution < -0.4 is 15.8 Å². The van der Waals surface area contributed by atoms with Gasteiger partial charge in [0.25, 0.3) is 5.91 Å². The molecule has 0 atom stereocenters. The molecule has 31 heavy (non-hydrogen) atoms. The van der Waals surface area contributed by atoms with Crippen LogP contribution in [-0.4, -0.2) is 36.0 Å². The van der Waals surface area contributed by atoms with Crippen LogP contribution in [0.2, 0.25) is 5.02 Å². The molecule has 0 unspecified atom stereocenters. The van der Waals surface area contributed by atoms with Gasteiger partial charge in [-0.3, -0.25) is 4.79 Å². The van der Waals surface area contributed by atoms with Crippen molar-refractivity contribution < 1.29 is 13.9 Å². The van der Waals surface area contributed by atoms with E-state index in [0.29, 0.717) is 28.4 Å². The smallest absolute Gasteiger partial charge is 0.250 e. The van der Waals surface area contributed by atoms with E-state index in [-0.39, 0.29) is 5.02 Å². The number of hydrogen-bond donors (Lipinski definition) is 2. The van der Waals surface area contributed by atoms with Crippen LogP contribution >= 0.6 is 11.6 Å². The van der Waals surface area contributed by atoms with Gasteiger partial charge in [-0.2, -0.15) is 0 Å². The second kappa shape index (κ2) is 8.81. The molecule has 3 aromatic rings. The number of nitrogens with two attached hydrogens (primary N) is 1. The van der Waals surface area contributed by atoms with Gasteiger partial charge in [-0.1, -0.05) is 11.6 Å². The lowest BCUT2D eigenvalue weighted by atomic mass is 10.00. The molecule has 8 heteroatoms. The summed E-state index contributed by atoms with van der Waals surface area (Å²) >= 11 is 5.91. The molecule has 1 fully saturated rings. The van der Waals surface area contributed by atoms with E-state index in [4.69, 9.17) is 22.1 Å². The molecule has 2 aromatic carbocycles. The van der Waals surface area contributed by atoms with Crippen LogP contribution in [0.15, 0.2) is 48.8 Å². The fourth-order valence-corrected chi connectivity index (χ4v) is 3.89. The summed E-state index contributed by atoms with van der Waals surface area (Å²) in [6.45, 7) is 1.76. The largest absolute Gasteiger partial charge is 0.496 e. The molecule has 1 aliphatic heterocycles. The molecular formula is C23H22ClFN4O2. The summed E-state index contributed by atoms with van der Waals surface area (Å²) in [6.07, 6.45) is 5.62. The summed E-state index contributed by atoms with van der Waals surface area (Å²) in [5.74, 6) is 0.0457. The number of benzene rings is 2. The van der Waals surface area contributed by atoms with Crippen molar-refractivity contribution in [3.63, 3.8) is 0 Å². The second-order valence-corrected chi connectivity index (χ2v) is 7.74. The van der Waals surface area contributed by atoms with Crippen molar-refractivity contribution in [3.05, 3.63) is 65.2 Å². The van der Waals surface area contributed by atoms with Crippen molar-refractivity contribution in [2.75, 3.05) is 25.5 Å². The highest BCUT2D eigenvalue weighted by molar-refractivity contribution is 6.31. The summed E-state index contributed by atoms with van der Waals surface area (Å²) in [5, 5.41) is 4.80. The van der Waals surface area contributed by atoms with Crippen molar-refractivity contribution in [2.45, 2.75) is 12.8 Å². The highest BCUT2D eigenvalue weighted by Gasteiger charge is 2.19. The second-order valence-electron chi connectivity index (χ2n) is 7.34. The van der Waals surface area contributed by atoms with E-state index >= 15 is 0 Å². The minimum absolute atomic E-state index is 0.0113. The van der Waals surface area contributed by atoms with Crippen LogP contribution in [0.25, 0.3) is 16.3 Å². The number of ether oxygens (including phenoxy) is 1. The molecule has 2 heterocycles. The minimum Gasteiger partial charge on any atom is -0.496 e. The molecule has 1 aliphatic rings. The Hall–Kier alpha value is -3.32. The molecule has 0 spiro atoms. The Bertz CT molecular complexity index is 1180. The van der Waals surface area contributed by atoms with Gasteiger partial charge in [0.15, 0.2) is 0 Å². The average molecular weight is 441 g/mol. The fraction of sp³-hybridized carbons (Fsp3) is 0.217. The van der Waals surface area contributed by atoms with E-state index in [9.17, 15) is 9.18 Å². The number of nitrogens with one attached hydrogen (secondary N) is 1. The molecule has 1 aromatic heterocycles. The Labute approximate surface area is 184 Å². The number of methoxy groups -OCH3 is 1. The number of likely N-dealkylation sites (tertiary alicyclic amines) is 1. The van der Waals surface area contributed by atoms with Gasteiger partial charge in [-0.15, -0.1) is 0 Å². The third-order valence-electron chi connectivity index (χ3n) is 5.27. The summed E-state index contributed by atoms with van der Waals surface area (Å²) in [6, 6.07) is 9.88. The Balaban J connectivity index is 1.83. The van der Waals surface area contributed by atoms with Crippen molar-refractivity contribution in [2.24, 2.45) is 5.73 Å². The maximum atomic E-state index is 13.5. The average Bonchev–Trinajstić information content (AvgIpc) is 3.27. The molecule has 0 bridgehead atoms. The lowest BCUT2D eigenvalue weighted by Gasteiger charge is -2.17. The van der Waals surface area contributed by atoms with Gasteiger partial charge < -0.3 is 20.7 Å². The maximum Gasteiger partial charge on any atom is 0.250 e. The fourth-order valence-electron chi connectivity index (χ4n) is 3.71. The third-order valence-corrected chi connectivity index (χ3v) is 5.56. The van der Waals surface area contributed by atoms with E-state index in [1.807, 2.05) is 24.4 Å². The topological polar surface area (TPSA) is 80.5 Å². The number of amides is 1. The number of fused-ring (bicyclic) bond motifs is 1. The van der Waals surface area contributed by atoms with E-state index in [2.05, 4.69) is 15.2 Å². The molecule has 6 nitrogen and oxygen atoms in total. The van der Waals surface area contributed by atoms with Crippen LogP contribution in [0.3, 0.4) is 0 Å². The van der Waals surface area contributed by atoms with Crippen molar-refractivity contribution in [1.29, 1.82) is 0 Å². The number of rotatable bonds is 6. The van der Waals surface area contributed by atoms with Gasteiger partial charge in [0.1, 0.15) is 17.4 Å². The standard InChI is InChI=1S/C23H22ClFN4O2/c1-31-21-10-14-6-7-27-23(28-15-4-5-20(25)19(24)11-15)16(14)12-17(21)18(22(26)30)13-29-8-2-3-9-29/h4-7,10-13H,2-3,8-9H2,1H3,(H2,26,30)(H,27,28). The van der Waals surface area contributed by atoms with E-state index in [1.165, 1.54) is 12.1 Å². The molecule has 1 saturated heterocycles. The van der Waals surface area contributed by atoms with Crippen LogP contribution in [0.1, 0.15) is 18.4 Å². The predicted octanol–water partition coefficient (Wildman–Crippen LogP) is 4.70. The molecule has 3 N–H and O–H groups in total. The van der Waals surface area contributed by atoms with Crippen molar-refractivity contribution in [1.82, 2.24) is 9.88 Å². The summed E-state index contributed by atoms with van der Waals surface area (Å²) in [5.41, 5.74) is 7.29. The van der Waals surface area contributed by atoms with E-state index < -0.39 is 11.7 Å². The van der Waals surface area contributed by atoms with Crippen LogP contribution in [0.5, 0.6) is 5.75 Å². The normalized spacial score (nSPS) is 14.2. The number of primary amides is 1. The summed E-state index contributed by atoms with van der Waals surface area (Å²) < 4.78 is 19.1. The number of hydrogen-bond acceptors (Lipinski definition) is 5. The summed E-state index contributed by atoms with van der Waals surface area (Å²) in [7, 11) is 1.56. The number of carbonyl (C=O) groups excluding carboxylic acids is 1. The van der Waals surface area contributed by atoms with Gasteiger partial charge in [0.05, 0.1) is 17.7 Å². The van der Waals surface area contributed by atoms with E-state index in [0.717, 1.165) is 36.7 Å². The zero-order chi connectivity index (χ0) is 22.0. The highest BCUT2D eigenvalue weighted by Crippen LogP contribution is 2.35. The minimum atomic E-state index is -0.534. The molecule has 4 rings (SSSR count). The molecular weight excluding hydrogens is 419 g/mol. The molecule has 0 radical (unpaired) electrons. The zero-order valence-electron chi connectivity index (χ0n) is 17.0. The predicted molar refractivity (Wildman–Crippen MR) is 121 cm³/mol. The SMILES string of the molecule is COc1cc2ccnc(Nc3ccc(F)c(Cl)c3)c2cc1C(=CN1CCCC1)C(N)=O. The summed E-state index contributed by atoms with van der Waals surface area (Å²) in [4.78, 5) is 18.8. The number of halogens is 2. The maximum absolute atomic E-state index is 13.5. The monoisotopic (exact) mass is 440 g/mol. The highest BCUT2D eigenvalue weighted by atomic mass is 35.5. The zero-order valence-corrected chi connectivity index (χ0v) is 17.7. The number of pyridine rings is 1. The lowest BCUT2D eigenvalue weighted by molar-refractivity contribution is -0.112. The number of aromatic nitrogens is 1. The lowest BCUT2D eigenvalue weighted by Crippen LogP contribution is -2.19. The quantitative estimate of drug-likeness (QED) is 0.543. The number of carbonyl (C=O) groups is 1. The van der Waals surface area contributed by atoms with Gasteiger partial charge >= 0.3 is 0 Å². The van der Waals surface area contributed by atoms with Crippen LogP contribution in [0.4, 0.5) is 15.9 Å². The molecule has 0 saturated carbocycles. The van der Waals surface area contributed by atoms with E-state index in [1.54, 1.807) is 19.4 Å². The molecule has 0 aliphatic carbocycles. The van der Waals surface area contributed by atoms with Crippen molar-refractivity contribution in [3.8, 4) is 5.75 Å². The Morgan fingerprint density at radius 2 is 2.03 bits per heavy atom.